The highest BCUT2D eigenvalue weighted by atomic mass is 35.5. The first-order valence-electron chi connectivity index (χ1n) is 6.20. The van der Waals surface area contributed by atoms with E-state index in [1.165, 1.54) is 4.88 Å². The molecule has 0 saturated carbocycles. The molecule has 0 spiro atoms. The Morgan fingerprint density at radius 3 is 2.80 bits per heavy atom. The average molecular weight is 342 g/mol. The number of nitrogens with one attached hydrogen (secondary N) is 2. The Kier molecular flexibility index (Phi) is 9.33. The van der Waals surface area contributed by atoms with Crippen molar-refractivity contribution in [1.82, 2.24) is 15.6 Å². The Balaban J connectivity index is 0.00000180. The van der Waals surface area contributed by atoms with Gasteiger partial charge < -0.3 is 15.4 Å². The van der Waals surface area contributed by atoms with Crippen LogP contribution in [0.5, 0.6) is 0 Å². The molecule has 1 saturated heterocycles. The van der Waals surface area contributed by atoms with Crippen LogP contribution in [0.4, 0.5) is 0 Å². The molecule has 1 aliphatic rings. The molecular weight excluding hydrogens is 321 g/mol. The lowest BCUT2D eigenvalue weighted by atomic mass is 10.3. The smallest absolute Gasteiger partial charge is 0.250 e. The minimum absolute atomic E-state index is 0. The third-order valence-corrected chi connectivity index (χ3v) is 4.06. The summed E-state index contributed by atoms with van der Waals surface area (Å²) < 4.78 is 5.38. The van der Waals surface area contributed by atoms with Gasteiger partial charge in [-0.2, -0.15) is 0 Å². The number of halogens is 2. The topological polar surface area (TPSA) is 63.2 Å². The van der Waals surface area contributed by atoms with Gasteiger partial charge in [0.1, 0.15) is 6.10 Å². The molecule has 2 heterocycles. The summed E-state index contributed by atoms with van der Waals surface area (Å²) in [5.74, 6) is -0.0350. The van der Waals surface area contributed by atoms with Crippen LogP contribution in [-0.4, -0.2) is 43.2 Å². The van der Waals surface area contributed by atoms with Crippen LogP contribution < -0.4 is 10.6 Å². The highest BCUT2D eigenvalue weighted by molar-refractivity contribution is 7.11. The van der Waals surface area contributed by atoms with E-state index in [-0.39, 0.29) is 36.8 Å². The van der Waals surface area contributed by atoms with E-state index in [1.807, 2.05) is 6.92 Å². The number of amides is 1. The van der Waals surface area contributed by atoms with Crippen molar-refractivity contribution in [2.75, 3.05) is 26.2 Å². The molecular formula is C12H21Cl2N3O2S. The zero-order valence-corrected chi connectivity index (χ0v) is 14.1. The maximum Gasteiger partial charge on any atom is 0.250 e. The SMILES string of the molecule is Cc1nc(CCNC(=O)C2CNCCO2)sc1C.Cl.Cl. The zero-order valence-electron chi connectivity index (χ0n) is 11.6. The first kappa shape index (κ1) is 19.6. The van der Waals surface area contributed by atoms with Gasteiger partial charge in [0.2, 0.25) is 5.91 Å². The molecule has 0 aliphatic carbocycles. The van der Waals surface area contributed by atoms with E-state index >= 15 is 0 Å². The van der Waals surface area contributed by atoms with Crippen LogP contribution in [0.1, 0.15) is 15.6 Å². The van der Waals surface area contributed by atoms with Gasteiger partial charge in [-0.25, -0.2) is 4.98 Å². The maximum atomic E-state index is 11.8. The summed E-state index contributed by atoms with van der Waals surface area (Å²) in [5.41, 5.74) is 1.08. The summed E-state index contributed by atoms with van der Waals surface area (Å²) in [6.07, 6.45) is 0.434. The maximum absolute atomic E-state index is 11.8. The van der Waals surface area contributed by atoms with Gasteiger partial charge in [0.05, 0.1) is 17.3 Å². The first-order chi connectivity index (χ1) is 8.66. The van der Waals surface area contributed by atoms with Crippen LogP contribution in [0.3, 0.4) is 0 Å². The number of ether oxygens (including phenoxy) is 1. The van der Waals surface area contributed by atoms with Crippen molar-refractivity contribution >= 4 is 42.1 Å². The standard InChI is InChI=1S/C12H19N3O2S.2ClH/c1-8-9(2)18-11(15-8)3-4-14-12(16)10-7-13-5-6-17-10;;/h10,13H,3-7H2,1-2H3,(H,14,16);2*1H. The molecule has 1 unspecified atom stereocenters. The normalized spacial score (nSPS) is 17.8. The van der Waals surface area contributed by atoms with E-state index in [1.54, 1.807) is 11.3 Å². The minimum Gasteiger partial charge on any atom is -0.366 e. The molecule has 1 aromatic heterocycles. The number of nitrogens with zero attached hydrogens (tertiary/aromatic N) is 1. The molecule has 1 atom stereocenters. The number of carbonyl (C=O) groups is 1. The molecule has 0 bridgehead atoms. The van der Waals surface area contributed by atoms with Crippen molar-refractivity contribution in [3.8, 4) is 0 Å². The molecule has 2 rings (SSSR count). The Bertz CT molecular complexity index is 403. The lowest BCUT2D eigenvalue weighted by Gasteiger charge is -2.22. The van der Waals surface area contributed by atoms with E-state index in [4.69, 9.17) is 4.74 Å². The highest BCUT2D eigenvalue weighted by Gasteiger charge is 2.21. The summed E-state index contributed by atoms with van der Waals surface area (Å²) in [7, 11) is 0. The molecule has 116 valence electrons. The summed E-state index contributed by atoms with van der Waals surface area (Å²) in [6, 6.07) is 0. The van der Waals surface area contributed by atoms with Crippen LogP contribution in [0.15, 0.2) is 0 Å². The van der Waals surface area contributed by atoms with Gasteiger partial charge in [-0.15, -0.1) is 36.2 Å². The summed E-state index contributed by atoms with van der Waals surface area (Å²) in [5, 5.41) is 7.11. The van der Waals surface area contributed by atoms with Crippen LogP contribution in [0.2, 0.25) is 0 Å². The van der Waals surface area contributed by atoms with Gasteiger partial charge in [-0.05, 0) is 13.8 Å². The van der Waals surface area contributed by atoms with E-state index in [0.717, 1.165) is 23.7 Å². The van der Waals surface area contributed by atoms with Gasteiger partial charge in [0, 0.05) is 30.9 Å². The molecule has 5 nitrogen and oxygen atoms in total. The van der Waals surface area contributed by atoms with Crippen LogP contribution >= 0.6 is 36.2 Å². The third kappa shape index (κ3) is 5.54. The fraction of sp³-hybridized carbons (Fsp3) is 0.667. The number of rotatable bonds is 4. The molecule has 1 fully saturated rings. The highest BCUT2D eigenvalue weighted by Crippen LogP contribution is 2.16. The van der Waals surface area contributed by atoms with Gasteiger partial charge in [-0.3, -0.25) is 4.79 Å². The second-order valence-corrected chi connectivity index (χ2v) is 5.64. The van der Waals surface area contributed by atoms with Crippen molar-refractivity contribution in [2.45, 2.75) is 26.4 Å². The fourth-order valence-electron chi connectivity index (χ4n) is 1.79. The predicted molar refractivity (Wildman–Crippen MR) is 85.4 cm³/mol. The van der Waals surface area contributed by atoms with E-state index < -0.39 is 0 Å². The van der Waals surface area contributed by atoms with Crippen molar-refractivity contribution in [2.24, 2.45) is 0 Å². The van der Waals surface area contributed by atoms with Crippen LogP contribution in [-0.2, 0) is 16.0 Å². The number of aromatic nitrogens is 1. The first-order valence-corrected chi connectivity index (χ1v) is 7.01. The van der Waals surface area contributed by atoms with Crippen molar-refractivity contribution in [3.05, 3.63) is 15.6 Å². The van der Waals surface area contributed by atoms with E-state index in [2.05, 4.69) is 22.5 Å². The number of thiazole rings is 1. The molecule has 2 N–H and O–H groups in total. The number of morpholine rings is 1. The average Bonchev–Trinajstić information content (AvgIpc) is 2.69. The van der Waals surface area contributed by atoms with Gasteiger partial charge in [0.25, 0.3) is 0 Å². The monoisotopic (exact) mass is 341 g/mol. The molecule has 1 aromatic rings. The fourth-order valence-corrected chi connectivity index (χ4v) is 2.72. The quantitative estimate of drug-likeness (QED) is 0.865. The lowest BCUT2D eigenvalue weighted by molar-refractivity contribution is -0.134. The van der Waals surface area contributed by atoms with Crippen molar-refractivity contribution in [3.63, 3.8) is 0 Å². The number of hydrogen-bond donors (Lipinski definition) is 2. The summed E-state index contributed by atoms with van der Waals surface area (Å²) in [4.78, 5) is 17.5. The summed E-state index contributed by atoms with van der Waals surface area (Å²) in [6.45, 7) is 6.71. The number of aryl methyl sites for hydroxylation is 2. The van der Waals surface area contributed by atoms with Gasteiger partial charge in [-0.1, -0.05) is 0 Å². The molecule has 0 radical (unpaired) electrons. The Morgan fingerprint density at radius 2 is 2.25 bits per heavy atom. The van der Waals surface area contributed by atoms with Crippen molar-refractivity contribution < 1.29 is 9.53 Å². The van der Waals surface area contributed by atoms with E-state index in [9.17, 15) is 4.79 Å². The Labute approximate surface area is 135 Å². The number of hydrogen-bond acceptors (Lipinski definition) is 5. The molecule has 0 aromatic carbocycles. The van der Waals surface area contributed by atoms with Gasteiger partial charge >= 0.3 is 0 Å². The number of carbonyl (C=O) groups excluding carboxylic acids is 1. The summed E-state index contributed by atoms with van der Waals surface area (Å²) >= 11 is 1.70. The lowest BCUT2D eigenvalue weighted by Crippen LogP contribution is -2.48. The van der Waals surface area contributed by atoms with Crippen LogP contribution in [0.25, 0.3) is 0 Å². The Hall–Kier alpha value is -0.400. The third-order valence-electron chi connectivity index (χ3n) is 2.93. The van der Waals surface area contributed by atoms with Gasteiger partial charge in [0.15, 0.2) is 0 Å². The van der Waals surface area contributed by atoms with E-state index in [0.29, 0.717) is 19.7 Å². The molecule has 1 amide bonds. The predicted octanol–water partition coefficient (Wildman–Crippen LogP) is 1.25. The zero-order chi connectivity index (χ0) is 13.0. The molecule has 1 aliphatic heterocycles. The largest absolute Gasteiger partial charge is 0.366 e. The Morgan fingerprint density at radius 1 is 1.50 bits per heavy atom. The second-order valence-electron chi connectivity index (χ2n) is 4.35. The minimum atomic E-state index is -0.349. The second kappa shape index (κ2) is 9.52. The molecule has 8 heteroatoms. The molecule has 20 heavy (non-hydrogen) atoms. The van der Waals surface area contributed by atoms with Crippen LogP contribution in [0, 0.1) is 13.8 Å². The van der Waals surface area contributed by atoms with Crippen molar-refractivity contribution in [1.29, 1.82) is 0 Å².